The van der Waals surface area contributed by atoms with Crippen LogP contribution in [-0.4, -0.2) is 43.6 Å². The molecule has 0 spiro atoms. The molecular formula is C24H21F5N6O2. The molecule has 8 nitrogen and oxygen atoms in total. The van der Waals surface area contributed by atoms with Crippen molar-refractivity contribution in [2.75, 3.05) is 34.4 Å². The van der Waals surface area contributed by atoms with E-state index in [9.17, 15) is 26.7 Å². The predicted octanol–water partition coefficient (Wildman–Crippen LogP) is 5.57. The van der Waals surface area contributed by atoms with Gasteiger partial charge in [0, 0.05) is 30.2 Å². The molecule has 194 valence electrons. The highest BCUT2D eigenvalue weighted by Crippen LogP contribution is 2.38. The molecule has 0 atom stereocenters. The fourth-order valence-corrected chi connectivity index (χ4v) is 3.75. The number of rotatable bonds is 7. The molecule has 1 aliphatic rings. The van der Waals surface area contributed by atoms with Gasteiger partial charge in [-0.1, -0.05) is 0 Å². The van der Waals surface area contributed by atoms with Crippen LogP contribution in [0.5, 0.6) is 5.75 Å². The van der Waals surface area contributed by atoms with Gasteiger partial charge in [0.15, 0.2) is 0 Å². The van der Waals surface area contributed by atoms with Crippen molar-refractivity contribution in [3.05, 3.63) is 66.0 Å². The van der Waals surface area contributed by atoms with Crippen molar-refractivity contribution < 1.29 is 31.5 Å². The van der Waals surface area contributed by atoms with Crippen molar-refractivity contribution in [1.82, 2.24) is 4.98 Å². The Labute approximate surface area is 208 Å². The Morgan fingerprint density at radius 2 is 1.86 bits per heavy atom. The first kappa shape index (κ1) is 25.7. The van der Waals surface area contributed by atoms with Gasteiger partial charge in [0.2, 0.25) is 0 Å². The van der Waals surface area contributed by atoms with Crippen molar-refractivity contribution in [1.29, 1.82) is 0 Å². The Morgan fingerprint density at radius 3 is 2.51 bits per heavy atom. The van der Waals surface area contributed by atoms with E-state index in [1.165, 1.54) is 52.5 Å². The first-order valence-electron chi connectivity index (χ1n) is 10.8. The Balaban J connectivity index is 1.77. The zero-order valence-corrected chi connectivity index (χ0v) is 19.3. The average molecular weight is 520 g/mol. The van der Waals surface area contributed by atoms with Gasteiger partial charge in [0.05, 0.1) is 35.5 Å². The summed E-state index contributed by atoms with van der Waals surface area (Å²) in [7, 11) is 1.58. The molecule has 0 bridgehead atoms. The molecule has 0 fully saturated rings. The molecule has 37 heavy (non-hydrogen) atoms. The number of alkyl halides is 5. The number of aromatic nitrogens is 1. The number of nitrogens with zero attached hydrogens (tertiary/aromatic N) is 4. The lowest BCUT2D eigenvalue weighted by Gasteiger charge is -2.37. The first-order chi connectivity index (χ1) is 17.6. The van der Waals surface area contributed by atoms with Crippen LogP contribution in [0.1, 0.15) is 11.3 Å². The van der Waals surface area contributed by atoms with Gasteiger partial charge in [-0.25, -0.2) is 4.79 Å². The van der Waals surface area contributed by atoms with Crippen LogP contribution in [0, 0.1) is 0 Å². The summed E-state index contributed by atoms with van der Waals surface area (Å²) in [5, 5.41) is 2.25. The number of pyridine rings is 1. The fraction of sp³-hybridized carbons (Fsp3) is 0.208. The van der Waals surface area contributed by atoms with Crippen molar-refractivity contribution in [3.63, 3.8) is 0 Å². The molecule has 4 rings (SSSR count). The van der Waals surface area contributed by atoms with E-state index < -0.39 is 25.4 Å². The molecular weight excluding hydrogens is 499 g/mol. The number of benzene rings is 2. The number of carbonyl (C=O) groups excluding carboxylic acids is 1. The number of carbonyl (C=O) groups is 1. The summed E-state index contributed by atoms with van der Waals surface area (Å²) in [6.07, 6.45) is -1.68. The second-order valence-electron chi connectivity index (χ2n) is 7.94. The normalized spacial score (nSPS) is 13.9. The fourth-order valence-electron chi connectivity index (χ4n) is 3.75. The van der Waals surface area contributed by atoms with Crippen molar-refractivity contribution >= 4 is 40.7 Å². The molecule has 2 amide bonds. The third-order valence-corrected chi connectivity index (χ3v) is 5.38. The van der Waals surface area contributed by atoms with E-state index in [-0.39, 0.29) is 29.4 Å². The monoisotopic (exact) mass is 520 g/mol. The number of ether oxygens (including phenoxy) is 1. The highest BCUT2D eigenvalue weighted by Gasteiger charge is 2.34. The lowest BCUT2D eigenvalue weighted by Crippen LogP contribution is -2.45. The molecule has 0 radical (unpaired) electrons. The summed E-state index contributed by atoms with van der Waals surface area (Å²) < 4.78 is 67.7. The number of urea groups is 1. The number of nitrogen functional groups attached to an aromatic ring is 1. The van der Waals surface area contributed by atoms with E-state index in [1.54, 1.807) is 25.2 Å². The van der Waals surface area contributed by atoms with Gasteiger partial charge in [-0.15, -0.1) is 0 Å². The molecule has 0 saturated carbocycles. The minimum absolute atomic E-state index is 0.0173. The molecule has 3 N–H and O–H groups in total. The van der Waals surface area contributed by atoms with Crippen LogP contribution < -0.4 is 25.6 Å². The van der Waals surface area contributed by atoms with E-state index in [0.29, 0.717) is 22.6 Å². The van der Waals surface area contributed by atoms with Crippen molar-refractivity contribution in [2.24, 2.45) is 4.99 Å². The van der Waals surface area contributed by atoms with Crippen LogP contribution in [0.4, 0.5) is 55.2 Å². The Hall–Kier alpha value is -4.42. The predicted molar refractivity (Wildman–Crippen MR) is 130 cm³/mol. The molecule has 0 aliphatic carbocycles. The number of nitrogens with two attached hydrogens (primary N) is 1. The third kappa shape index (κ3) is 5.88. The maximum atomic E-state index is 13.7. The SMILES string of the molecule is CN=Cc1cc(N2Cc3ncc(NCC(F)(F)F)cc3N(c3ccc(OC(F)F)cc3)C2=O)ccc1N. The first-order valence-corrected chi connectivity index (χ1v) is 10.8. The minimum Gasteiger partial charge on any atom is -0.435 e. The van der Waals surface area contributed by atoms with E-state index in [4.69, 9.17) is 5.73 Å². The van der Waals surface area contributed by atoms with E-state index in [2.05, 4.69) is 20.0 Å². The van der Waals surface area contributed by atoms with Crippen LogP contribution in [0.15, 0.2) is 59.7 Å². The maximum Gasteiger partial charge on any atom is 0.405 e. The molecule has 0 saturated heterocycles. The molecule has 2 heterocycles. The van der Waals surface area contributed by atoms with E-state index in [1.807, 2.05) is 0 Å². The highest BCUT2D eigenvalue weighted by atomic mass is 19.4. The lowest BCUT2D eigenvalue weighted by atomic mass is 10.1. The quantitative estimate of drug-likeness (QED) is 0.241. The number of anilines is 5. The number of hydrogen-bond acceptors (Lipinski definition) is 6. The summed E-state index contributed by atoms with van der Waals surface area (Å²) in [6.45, 7) is -4.30. The summed E-state index contributed by atoms with van der Waals surface area (Å²) >= 11 is 0. The Bertz CT molecular complexity index is 1310. The lowest BCUT2D eigenvalue weighted by molar-refractivity contribution is -0.115. The van der Waals surface area contributed by atoms with Gasteiger partial charge in [0.25, 0.3) is 0 Å². The van der Waals surface area contributed by atoms with E-state index in [0.717, 1.165) is 0 Å². The summed E-state index contributed by atoms with van der Waals surface area (Å²) in [4.78, 5) is 24.6. The van der Waals surface area contributed by atoms with Crippen LogP contribution >= 0.6 is 0 Å². The Kier molecular flexibility index (Phi) is 7.14. The maximum absolute atomic E-state index is 13.7. The van der Waals surface area contributed by atoms with E-state index >= 15 is 0 Å². The van der Waals surface area contributed by atoms with Crippen LogP contribution in [0.25, 0.3) is 0 Å². The summed E-state index contributed by atoms with van der Waals surface area (Å²) in [5.41, 5.74) is 8.44. The molecule has 1 aromatic heterocycles. The number of nitrogens with one attached hydrogen (secondary N) is 1. The molecule has 0 unspecified atom stereocenters. The number of fused-ring (bicyclic) bond motifs is 1. The molecule has 2 aromatic carbocycles. The average Bonchev–Trinajstić information content (AvgIpc) is 2.84. The van der Waals surface area contributed by atoms with Crippen LogP contribution in [0.2, 0.25) is 0 Å². The topological polar surface area (TPSA) is 96.1 Å². The van der Waals surface area contributed by atoms with Gasteiger partial charge < -0.3 is 15.8 Å². The summed E-state index contributed by atoms with van der Waals surface area (Å²) in [6, 6.07) is 11.0. The second-order valence-corrected chi connectivity index (χ2v) is 7.94. The van der Waals surface area contributed by atoms with Gasteiger partial charge in [-0.2, -0.15) is 22.0 Å². The number of amides is 2. The van der Waals surface area contributed by atoms with Gasteiger partial charge in [0.1, 0.15) is 12.3 Å². The summed E-state index contributed by atoms with van der Waals surface area (Å²) in [5.74, 6) is -0.124. The minimum atomic E-state index is -4.46. The zero-order valence-electron chi connectivity index (χ0n) is 19.3. The molecule has 3 aromatic rings. The number of halogens is 5. The van der Waals surface area contributed by atoms with Crippen LogP contribution in [0.3, 0.4) is 0 Å². The van der Waals surface area contributed by atoms with Gasteiger partial charge >= 0.3 is 18.8 Å². The zero-order chi connectivity index (χ0) is 26.7. The van der Waals surface area contributed by atoms with Crippen LogP contribution in [-0.2, 0) is 6.54 Å². The van der Waals surface area contributed by atoms with Gasteiger partial charge in [-0.3, -0.25) is 19.8 Å². The van der Waals surface area contributed by atoms with Crippen molar-refractivity contribution in [2.45, 2.75) is 19.3 Å². The molecule has 13 heteroatoms. The molecule has 1 aliphatic heterocycles. The third-order valence-electron chi connectivity index (χ3n) is 5.38. The second kappa shape index (κ2) is 10.3. The number of aliphatic imine (C=N–C) groups is 1. The highest BCUT2D eigenvalue weighted by molar-refractivity contribution is 6.11. The largest absolute Gasteiger partial charge is 0.435 e. The van der Waals surface area contributed by atoms with Gasteiger partial charge in [-0.05, 0) is 48.5 Å². The number of hydrogen-bond donors (Lipinski definition) is 2. The standard InChI is InChI=1S/C24H21F5N6O2/c1-31-10-14-8-17(4-7-19(14)30)34-12-20-21(9-15(11-32-20)33-13-24(27,28)29)35(23(34)36)16-2-5-18(6-3-16)37-22(25)26/h2-11,22,33H,12-13,30H2,1H3. The Morgan fingerprint density at radius 1 is 1.16 bits per heavy atom. The van der Waals surface area contributed by atoms with Crippen molar-refractivity contribution in [3.8, 4) is 5.75 Å². The smallest absolute Gasteiger partial charge is 0.405 e.